The van der Waals surface area contributed by atoms with E-state index in [9.17, 15) is 8.42 Å². The molecular weight excluding hydrogens is 533 g/mol. The van der Waals surface area contributed by atoms with Crippen LogP contribution in [0.15, 0.2) is 29.2 Å². The molecule has 0 saturated carbocycles. The van der Waals surface area contributed by atoms with Crippen LogP contribution in [0.5, 0.6) is 0 Å². The summed E-state index contributed by atoms with van der Waals surface area (Å²) in [6, 6.07) is 5.99. The van der Waals surface area contributed by atoms with Crippen LogP contribution in [0.1, 0.15) is 102 Å². The number of hydrogen-bond donors (Lipinski definition) is 2. The van der Waals surface area contributed by atoms with Crippen molar-refractivity contribution in [2.45, 2.75) is 109 Å². The number of hydrogen-bond acceptors (Lipinski definition) is 3. The lowest BCUT2D eigenvalue weighted by Gasteiger charge is -2.03. The summed E-state index contributed by atoms with van der Waals surface area (Å²) in [7, 11) is -4.02. The maximum Gasteiger partial charge on any atom is 0.294 e. The van der Waals surface area contributed by atoms with E-state index in [-0.39, 0.29) is 4.90 Å². The minimum absolute atomic E-state index is 0.0666. The van der Waals surface area contributed by atoms with Crippen LogP contribution in [0.2, 0.25) is 0 Å². The molecule has 184 valence electrons. The largest absolute Gasteiger partial charge is 0.306 e. The fraction of sp³-hybridized carbons (Fsp3) is 0.692. The van der Waals surface area contributed by atoms with Crippen molar-refractivity contribution in [1.29, 1.82) is 0 Å². The van der Waals surface area contributed by atoms with Crippen molar-refractivity contribution in [2.24, 2.45) is 0 Å². The third kappa shape index (κ3) is 21.2. The standard InChI is InChI=1S/C19H36IN.C7H8O3S/c1-2-3-4-5-6-7-8-9-10-11-12-13-14-15-18-21-19-16-17-20;1-6-2-4-7(5-3-6)11(8,9)10/h21H,2-15,18-19H2,1H3;2-5H,1H3,(H,8,9,10). The molecule has 0 fully saturated rings. The third-order valence-corrected chi connectivity index (χ3v) is 6.56. The van der Waals surface area contributed by atoms with Crippen LogP contribution in [-0.4, -0.2) is 26.1 Å². The van der Waals surface area contributed by atoms with Gasteiger partial charge in [-0.05, 0) is 35.9 Å². The molecule has 0 bridgehead atoms. The summed E-state index contributed by atoms with van der Waals surface area (Å²) >= 11 is 2.09. The van der Waals surface area contributed by atoms with Gasteiger partial charge in [0, 0.05) is 22.6 Å². The second-order valence-corrected chi connectivity index (χ2v) is 10.3. The van der Waals surface area contributed by atoms with E-state index in [1.807, 2.05) is 6.92 Å². The molecule has 0 aliphatic heterocycles. The quantitative estimate of drug-likeness (QED) is 0.0862. The van der Waals surface area contributed by atoms with Crippen LogP contribution in [-0.2, 0) is 10.1 Å². The van der Waals surface area contributed by atoms with Gasteiger partial charge in [-0.2, -0.15) is 8.42 Å². The second-order valence-electron chi connectivity index (χ2n) is 8.33. The van der Waals surface area contributed by atoms with Crippen molar-refractivity contribution in [3.05, 3.63) is 29.8 Å². The van der Waals surface area contributed by atoms with Gasteiger partial charge >= 0.3 is 0 Å². The minimum atomic E-state index is -4.02. The topological polar surface area (TPSA) is 66.4 Å². The van der Waals surface area contributed by atoms with Gasteiger partial charge in [-0.3, -0.25) is 4.55 Å². The lowest BCUT2D eigenvalue weighted by molar-refractivity contribution is 0.483. The van der Waals surface area contributed by atoms with Crippen molar-refractivity contribution < 1.29 is 13.0 Å². The number of halogens is 1. The van der Waals surface area contributed by atoms with Gasteiger partial charge in [0.25, 0.3) is 10.1 Å². The van der Waals surface area contributed by atoms with Crippen molar-refractivity contribution >= 4 is 32.7 Å². The number of unbranched alkanes of at least 4 members (excludes halogenated alkanes) is 13. The van der Waals surface area contributed by atoms with Crippen molar-refractivity contribution in [2.75, 3.05) is 13.1 Å². The van der Waals surface area contributed by atoms with Gasteiger partial charge in [-0.1, -0.05) is 114 Å². The molecule has 1 aromatic rings. The molecule has 0 heterocycles. The highest BCUT2D eigenvalue weighted by Crippen LogP contribution is 2.13. The smallest absolute Gasteiger partial charge is 0.294 e. The fourth-order valence-corrected chi connectivity index (χ4v) is 4.01. The number of nitrogens with one attached hydrogen (secondary N) is 1. The molecule has 0 spiro atoms. The molecule has 4 nitrogen and oxygen atoms in total. The predicted octanol–water partition coefficient (Wildman–Crippen LogP) is 7.69. The molecule has 0 unspecified atom stereocenters. The Morgan fingerprint density at radius 3 is 1.66 bits per heavy atom. The first-order valence-corrected chi connectivity index (χ1v) is 14.8. The third-order valence-electron chi connectivity index (χ3n) is 5.31. The van der Waals surface area contributed by atoms with Gasteiger partial charge in [0.1, 0.15) is 0 Å². The zero-order chi connectivity index (χ0) is 23.9. The molecule has 0 aromatic heterocycles. The second kappa shape index (κ2) is 22.2. The Hall–Kier alpha value is -0.620. The Morgan fingerprint density at radius 2 is 1.25 bits per heavy atom. The van der Waals surface area contributed by atoms with Gasteiger partial charge in [-0.15, -0.1) is 0 Å². The van der Waals surface area contributed by atoms with E-state index in [4.69, 9.17) is 4.55 Å². The van der Waals surface area contributed by atoms with E-state index in [0.29, 0.717) is 0 Å². The maximum absolute atomic E-state index is 10.5. The lowest BCUT2D eigenvalue weighted by atomic mass is 10.0. The number of rotatable bonds is 17. The van der Waals surface area contributed by atoms with E-state index in [2.05, 4.69) is 44.7 Å². The van der Waals surface area contributed by atoms with Crippen molar-refractivity contribution in [3.8, 4) is 9.85 Å². The van der Waals surface area contributed by atoms with Gasteiger partial charge in [0.15, 0.2) is 0 Å². The normalized spacial score (nSPS) is 10.8. The van der Waals surface area contributed by atoms with E-state index in [1.54, 1.807) is 12.1 Å². The summed E-state index contributed by atoms with van der Waals surface area (Å²) < 4.78 is 32.4. The van der Waals surface area contributed by atoms with Crippen LogP contribution < -0.4 is 5.32 Å². The summed E-state index contributed by atoms with van der Waals surface area (Å²) in [6.45, 7) is 6.11. The highest BCUT2D eigenvalue weighted by molar-refractivity contribution is 14.1. The van der Waals surface area contributed by atoms with Gasteiger partial charge < -0.3 is 5.32 Å². The van der Waals surface area contributed by atoms with Crippen molar-refractivity contribution in [3.63, 3.8) is 0 Å². The Labute approximate surface area is 211 Å². The molecule has 0 amide bonds. The Morgan fingerprint density at radius 1 is 0.812 bits per heavy atom. The Balaban J connectivity index is 0.000000726. The van der Waals surface area contributed by atoms with Crippen LogP contribution >= 0.6 is 22.6 Å². The summed E-state index contributed by atoms with van der Waals surface area (Å²) in [5.74, 6) is 3.02. The predicted molar refractivity (Wildman–Crippen MR) is 146 cm³/mol. The van der Waals surface area contributed by atoms with Crippen LogP contribution in [0, 0.1) is 16.8 Å². The summed E-state index contributed by atoms with van der Waals surface area (Å²) in [5, 5.41) is 3.35. The average molecular weight is 578 g/mol. The zero-order valence-electron chi connectivity index (χ0n) is 20.2. The molecule has 32 heavy (non-hydrogen) atoms. The van der Waals surface area contributed by atoms with Gasteiger partial charge in [0.2, 0.25) is 0 Å². The molecule has 2 N–H and O–H groups in total. The summed E-state index contributed by atoms with van der Waals surface area (Å²) in [6.07, 6.45) is 20.0. The van der Waals surface area contributed by atoms with Crippen molar-refractivity contribution in [1.82, 2.24) is 5.32 Å². The molecule has 0 radical (unpaired) electrons. The Bertz CT molecular complexity index is 709. The molecule has 0 aliphatic carbocycles. The molecule has 6 heteroatoms. The van der Waals surface area contributed by atoms with E-state index < -0.39 is 10.1 Å². The zero-order valence-corrected chi connectivity index (χ0v) is 23.1. The maximum atomic E-state index is 10.5. The molecule has 0 atom stereocenters. The van der Waals surface area contributed by atoms with Crippen LogP contribution in [0.4, 0.5) is 0 Å². The molecule has 0 saturated heterocycles. The fourth-order valence-electron chi connectivity index (χ4n) is 3.34. The highest BCUT2D eigenvalue weighted by atomic mass is 127. The van der Waals surface area contributed by atoms with Gasteiger partial charge in [0.05, 0.1) is 11.4 Å². The van der Waals surface area contributed by atoms with Crippen LogP contribution in [0.3, 0.4) is 0 Å². The lowest BCUT2D eigenvalue weighted by Crippen LogP contribution is -2.14. The van der Waals surface area contributed by atoms with E-state index in [0.717, 1.165) is 18.7 Å². The minimum Gasteiger partial charge on any atom is -0.306 e. The first-order chi connectivity index (χ1) is 15.4. The number of aryl methyl sites for hydroxylation is 1. The van der Waals surface area contributed by atoms with Crippen LogP contribution in [0.25, 0.3) is 0 Å². The summed E-state index contributed by atoms with van der Waals surface area (Å²) in [5.41, 5.74) is 0.956. The molecule has 1 aromatic carbocycles. The van der Waals surface area contributed by atoms with Gasteiger partial charge in [-0.25, -0.2) is 0 Å². The van der Waals surface area contributed by atoms with E-state index in [1.165, 1.54) is 102 Å². The SMILES string of the molecule is CCCCCCCCCCCCCCCCNCC#CI.Cc1ccc(S(=O)(=O)O)cc1. The first kappa shape index (κ1) is 31.4. The first-order valence-electron chi connectivity index (χ1n) is 12.2. The number of benzene rings is 1. The molecule has 1 rings (SSSR count). The molecular formula is C26H44INO3S. The molecule has 0 aliphatic rings. The monoisotopic (exact) mass is 577 g/mol. The average Bonchev–Trinajstić information content (AvgIpc) is 2.76. The summed E-state index contributed by atoms with van der Waals surface area (Å²) in [4.78, 5) is -0.0666. The Kier molecular flexibility index (Phi) is 21.8. The van der Waals surface area contributed by atoms with E-state index >= 15 is 0 Å². The highest BCUT2D eigenvalue weighted by Gasteiger charge is 2.06.